The van der Waals surface area contributed by atoms with Gasteiger partial charge in [0.25, 0.3) is 15.0 Å². The van der Waals surface area contributed by atoms with Gasteiger partial charge in [0.1, 0.15) is 10.7 Å². The lowest BCUT2D eigenvalue weighted by molar-refractivity contribution is 0.0996. The van der Waals surface area contributed by atoms with Crippen LogP contribution in [-0.2, 0) is 9.05 Å². The van der Waals surface area contributed by atoms with Crippen LogP contribution < -0.4 is 5.32 Å². The summed E-state index contributed by atoms with van der Waals surface area (Å²) < 4.78 is 40.5. The number of hydrogen-bond acceptors (Lipinski definition) is 5. The summed E-state index contributed by atoms with van der Waals surface area (Å²) in [6.07, 6.45) is 1.11. The number of amides is 1. The Bertz CT molecular complexity index is 772. The number of halogens is 2. The van der Waals surface area contributed by atoms with E-state index in [0.717, 1.165) is 18.5 Å². The molecule has 20 heavy (non-hydrogen) atoms. The highest BCUT2D eigenvalue weighted by Crippen LogP contribution is 2.22. The van der Waals surface area contributed by atoms with Crippen molar-refractivity contribution < 1.29 is 22.0 Å². The lowest BCUT2D eigenvalue weighted by Gasteiger charge is -2.05. The van der Waals surface area contributed by atoms with E-state index in [1.165, 1.54) is 6.07 Å². The predicted octanol–water partition coefficient (Wildman–Crippen LogP) is 2.30. The molecule has 0 aliphatic rings. The minimum Gasteiger partial charge on any atom is -0.438 e. The van der Waals surface area contributed by atoms with E-state index in [1.54, 1.807) is 6.92 Å². The topological polar surface area (TPSA) is 89.3 Å². The average molecular weight is 319 g/mol. The predicted molar refractivity (Wildman–Crippen MR) is 68.6 cm³/mol. The Balaban J connectivity index is 2.26. The molecule has 2 rings (SSSR count). The summed E-state index contributed by atoms with van der Waals surface area (Å²) in [6, 6.07) is 3.02. The lowest BCUT2D eigenvalue weighted by Crippen LogP contribution is -2.12. The third kappa shape index (κ3) is 2.97. The van der Waals surface area contributed by atoms with E-state index in [2.05, 4.69) is 10.3 Å². The monoisotopic (exact) mass is 318 g/mol. The number of aromatic nitrogens is 1. The van der Waals surface area contributed by atoms with Gasteiger partial charge in [0, 0.05) is 16.4 Å². The van der Waals surface area contributed by atoms with Crippen LogP contribution in [-0.4, -0.2) is 19.3 Å². The van der Waals surface area contributed by atoms with Gasteiger partial charge in [-0.05, 0) is 25.1 Å². The molecule has 0 radical (unpaired) electrons. The maximum Gasteiger partial charge on any atom is 0.293 e. The van der Waals surface area contributed by atoms with Crippen LogP contribution in [0, 0.1) is 12.7 Å². The molecule has 0 unspecified atom stereocenters. The van der Waals surface area contributed by atoms with Crippen LogP contribution >= 0.6 is 10.7 Å². The van der Waals surface area contributed by atoms with E-state index in [0.29, 0.717) is 5.69 Å². The molecule has 0 fully saturated rings. The molecule has 1 aromatic carbocycles. The zero-order valence-corrected chi connectivity index (χ0v) is 11.6. The first-order valence-corrected chi connectivity index (χ1v) is 7.55. The summed E-state index contributed by atoms with van der Waals surface area (Å²) in [4.78, 5) is 14.9. The molecular weight excluding hydrogens is 311 g/mol. The number of anilines is 1. The van der Waals surface area contributed by atoms with Gasteiger partial charge in [-0.1, -0.05) is 0 Å². The van der Waals surface area contributed by atoms with Gasteiger partial charge in [0.2, 0.25) is 5.76 Å². The highest BCUT2D eigenvalue weighted by Gasteiger charge is 2.18. The molecule has 0 saturated carbocycles. The zero-order valence-electron chi connectivity index (χ0n) is 10.1. The molecule has 0 bridgehead atoms. The largest absolute Gasteiger partial charge is 0.438 e. The SMILES string of the molecule is Cc1ncoc1C(=O)Nc1ccc(S(=O)(=O)Cl)c(F)c1. The fourth-order valence-electron chi connectivity index (χ4n) is 1.48. The zero-order chi connectivity index (χ0) is 14.9. The second kappa shape index (κ2) is 5.22. The fraction of sp³-hybridized carbons (Fsp3) is 0.0909. The van der Waals surface area contributed by atoms with Gasteiger partial charge in [-0.15, -0.1) is 0 Å². The highest BCUT2D eigenvalue weighted by atomic mass is 35.7. The molecule has 2 aromatic rings. The minimum atomic E-state index is -4.17. The van der Waals surface area contributed by atoms with Crippen molar-refractivity contribution in [2.45, 2.75) is 11.8 Å². The summed E-state index contributed by atoms with van der Waals surface area (Å²) in [7, 11) is 0.873. The molecule has 1 heterocycles. The number of rotatable bonds is 3. The fourth-order valence-corrected chi connectivity index (χ4v) is 2.38. The van der Waals surface area contributed by atoms with Crippen LogP contribution in [0.3, 0.4) is 0 Å². The Morgan fingerprint density at radius 2 is 2.15 bits per heavy atom. The molecule has 0 saturated heterocycles. The maximum absolute atomic E-state index is 13.6. The van der Waals surface area contributed by atoms with E-state index in [4.69, 9.17) is 15.1 Å². The first-order chi connectivity index (χ1) is 9.29. The van der Waals surface area contributed by atoms with Crippen molar-refractivity contribution in [2.24, 2.45) is 0 Å². The number of carbonyl (C=O) groups excluding carboxylic acids is 1. The normalized spacial score (nSPS) is 11.3. The van der Waals surface area contributed by atoms with E-state index >= 15 is 0 Å². The van der Waals surface area contributed by atoms with E-state index in [1.807, 2.05) is 0 Å². The van der Waals surface area contributed by atoms with Crippen molar-refractivity contribution in [3.8, 4) is 0 Å². The molecule has 0 aliphatic carbocycles. The smallest absolute Gasteiger partial charge is 0.293 e. The quantitative estimate of drug-likeness (QED) is 0.877. The molecule has 1 amide bonds. The molecule has 0 spiro atoms. The summed E-state index contributed by atoms with van der Waals surface area (Å²) in [5.41, 5.74) is 0.440. The average Bonchev–Trinajstić information content (AvgIpc) is 2.73. The maximum atomic E-state index is 13.6. The second-order valence-corrected chi connectivity index (χ2v) is 6.34. The Labute approximate surface area is 118 Å². The number of nitrogens with one attached hydrogen (secondary N) is 1. The van der Waals surface area contributed by atoms with Crippen LogP contribution in [0.5, 0.6) is 0 Å². The third-order valence-corrected chi connectivity index (χ3v) is 3.76. The molecule has 106 valence electrons. The first-order valence-electron chi connectivity index (χ1n) is 5.24. The van der Waals surface area contributed by atoms with Crippen molar-refractivity contribution in [3.63, 3.8) is 0 Å². The van der Waals surface area contributed by atoms with Gasteiger partial charge in [-0.2, -0.15) is 0 Å². The molecule has 1 N–H and O–H groups in total. The summed E-state index contributed by atoms with van der Waals surface area (Å²) >= 11 is 0. The minimum absolute atomic E-state index is 0.0144. The Kier molecular flexibility index (Phi) is 3.78. The van der Waals surface area contributed by atoms with E-state index in [9.17, 15) is 17.6 Å². The van der Waals surface area contributed by atoms with Gasteiger partial charge < -0.3 is 9.73 Å². The van der Waals surface area contributed by atoms with Crippen molar-refractivity contribution in [2.75, 3.05) is 5.32 Å². The summed E-state index contributed by atoms with van der Waals surface area (Å²) in [5.74, 6) is -1.70. The second-order valence-electron chi connectivity index (χ2n) is 3.80. The number of hydrogen-bond donors (Lipinski definition) is 1. The molecular formula is C11H8ClFN2O4S. The van der Waals surface area contributed by atoms with Gasteiger partial charge >= 0.3 is 0 Å². The Morgan fingerprint density at radius 3 is 2.65 bits per heavy atom. The Morgan fingerprint density at radius 1 is 1.45 bits per heavy atom. The summed E-state index contributed by atoms with van der Waals surface area (Å²) in [5, 5.41) is 2.35. The van der Waals surface area contributed by atoms with Crippen molar-refractivity contribution in [1.29, 1.82) is 0 Å². The Hall–Kier alpha value is -1.93. The highest BCUT2D eigenvalue weighted by molar-refractivity contribution is 8.13. The van der Waals surface area contributed by atoms with Gasteiger partial charge in [-0.3, -0.25) is 4.79 Å². The molecule has 9 heteroatoms. The standard InChI is InChI=1S/C11H8ClFN2O4S/c1-6-10(19-5-14-6)11(16)15-7-2-3-9(8(13)4-7)20(12,17)18/h2-5H,1H3,(H,15,16). The van der Waals surface area contributed by atoms with Crippen molar-refractivity contribution in [3.05, 3.63) is 41.9 Å². The van der Waals surface area contributed by atoms with Crippen LogP contribution in [0.2, 0.25) is 0 Å². The van der Waals surface area contributed by atoms with Crippen LogP contribution in [0.25, 0.3) is 0 Å². The molecule has 0 aliphatic heterocycles. The number of nitrogens with zero attached hydrogens (tertiary/aromatic N) is 1. The lowest BCUT2D eigenvalue weighted by atomic mass is 10.3. The van der Waals surface area contributed by atoms with Crippen molar-refractivity contribution >= 4 is 31.3 Å². The van der Waals surface area contributed by atoms with E-state index in [-0.39, 0.29) is 11.4 Å². The van der Waals surface area contributed by atoms with Gasteiger partial charge in [-0.25, -0.2) is 17.8 Å². The first kappa shape index (κ1) is 14.5. The van der Waals surface area contributed by atoms with Gasteiger partial charge in [0.15, 0.2) is 6.39 Å². The molecule has 0 atom stereocenters. The third-order valence-electron chi connectivity index (χ3n) is 2.40. The number of carbonyl (C=O) groups is 1. The van der Waals surface area contributed by atoms with Crippen LogP contribution in [0.15, 0.2) is 33.9 Å². The van der Waals surface area contributed by atoms with Crippen LogP contribution in [0.1, 0.15) is 16.2 Å². The molecule has 6 nitrogen and oxygen atoms in total. The number of benzene rings is 1. The number of oxazole rings is 1. The van der Waals surface area contributed by atoms with E-state index < -0.39 is 25.7 Å². The molecule has 1 aromatic heterocycles. The van der Waals surface area contributed by atoms with Gasteiger partial charge in [0.05, 0.1) is 5.69 Å². The number of aryl methyl sites for hydroxylation is 1. The van der Waals surface area contributed by atoms with Crippen molar-refractivity contribution in [1.82, 2.24) is 4.98 Å². The van der Waals surface area contributed by atoms with Crippen LogP contribution in [0.4, 0.5) is 10.1 Å². The summed E-state index contributed by atoms with van der Waals surface area (Å²) in [6.45, 7) is 1.57.